The number of sulfonamides is 1. The second-order valence-electron chi connectivity index (χ2n) is 4.92. The van der Waals surface area contributed by atoms with Crippen molar-refractivity contribution in [2.75, 3.05) is 19.7 Å². The molecule has 1 aliphatic heterocycles. The highest BCUT2D eigenvalue weighted by molar-refractivity contribution is 7.89. The number of aromatic carboxylic acids is 1. The molecule has 0 aromatic carbocycles. The molecule has 0 amide bonds. The van der Waals surface area contributed by atoms with E-state index in [0.29, 0.717) is 6.42 Å². The van der Waals surface area contributed by atoms with E-state index in [0.717, 1.165) is 0 Å². The number of aliphatic hydroxyl groups is 1. The van der Waals surface area contributed by atoms with Crippen LogP contribution in [0.5, 0.6) is 0 Å². The Kier molecular flexibility index (Phi) is 3.90. The van der Waals surface area contributed by atoms with Gasteiger partial charge in [0.25, 0.3) is 0 Å². The summed E-state index contributed by atoms with van der Waals surface area (Å²) in [7, 11) is -3.92. The Morgan fingerprint density at radius 2 is 2.05 bits per heavy atom. The van der Waals surface area contributed by atoms with Gasteiger partial charge in [0.1, 0.15) is 22.0 Å². The molecule has 112 valence electrons. The standard InChI is InChI=1S/C12H17NO6S/c1-7-10(12(15)16)11(8(2)19-7)20(17,18)13-4-3-9(5-13)6-14/h9,14H,3-6H2,1-2H3,(H,15,16). The number of rotatable bonds is 4. The van der Waals surface area contributed by atoms with Gasteiger partial charge < -0.3 is 14.6 Å². The Morgan fingerprint density at radius 3 is 2.55 bits per heavy atom. The van der Waals surface area contributed by atoms with Gasteiger partial charge in [-0.1, -0.05) is 0 Å². The third-order valence-corrected chi connectivity index (χ3v) is 5.54. The number of hydrogen-bond acceptors (Lipinski definition) is 5. The first-order valence-electron chi connectivity index (χ1n) is 6.23. The highest BCUT2D eigenvalue weighted by Gasteiger charge is 2.38. The molecule has 1 unspecified atom stereocenters. The molecule has 0 aliphatic carbocycles. The molecular weight excluding hydrogens is 286 g/mol. The Bertz CT molecular complexity index is 633. The predicted molar refractivity (Wildman–Crippen MR) is 69.1 cm³/mol. The fourth-order valence-corrected chi connectivity index (χ4v) is 4.42. The number of carboxylic acid groups (broad SMARTS) is 1. The van der Waals surface area contributed by atoms with Gasteiger partial charge >= 0.3 is 5.97 Å². The lowest BCUT2D eigenvalue weighted by Gasteiger charge is -2.16. The van der Waals surface area contributed by atoms with E-state index in [4.69, 9.17) is 9.52 Å². The van der Waals surface area contributed by atoms with E-state index >= 15 is 0 Å². The number of nitrogens with zero attached hydrogens (tertiary/aromatic N) is 1. The molecule has 2 heterocycles. The monoisotopic (exact) mass is 303 g/mol. The molecule has 8 heteroatoms. The highest BCUT2D eigenvalue weighted by atomic mass is 32.2. The molecular formula is C12H17NO6S. The molecule has 1 aliphatic rings. The van der Waals surface area contributed by atoms with E-state index in [2.05, 4.69) is 0 Å². The van der Waals surface area contributed by atoms with E-state index in [1.54, 1.807) is 0 Å². The van der Waals surface area contributed by atoms with Gasteiger partial charge in [0.15, 0.2) is 0 Å². The summed E-state index contributed by atoms with van der Waals surface area (Å²) in [5.74, 6) is -1.28. The predicted octanol–water partition coefficient (Wildman–Crippen LogP) is 0.598. The maximum atomic E-state index is 12.6. The molecule has 1 aromatic heterocycles. The van der Waals surface area contributed by atoms with Crippen LogP contribution in [0.4, 0.5) is 0 Å². The zero-order valence-corrected chi connectivity index (χ0v) is 12.1. The quantitative estimate of drug-likeness (QED) is 0.843. The molecule has 2 N–H and O–H groups in total. The summed E-state index contributed by atoms with van der Waals surface area (Å²) in [6, 6.07) is 0. The van der Waals surface area contributed by atoms with Crippen molar-refractivity contribution in [3.05, 3.63) is 17.1 Å². The van der Waals surface area contributed by atoms with Crippen LogP contribution < -0.4 is 0 Å². The number of furan rings is 1. The van der Waals surface area contributed by atoms with Crippen LogP contribution in [0.2, 0.25) is 0 Å². The average molecular weight is 303 g/mol. The fourth-order valence-electron chi connectivity index (χ4n) is 2.51. The molecule has 1 aromatic rings. The third kappa shape index (κ3) is 2.34. The van der Waals surface area contributed by atoms with Gasteiger partial charge in [-0.25, -0.2) is 13.2 Å². The summed E-state index contributed by atoms with van der Waals surface area (Å²) in [6.07, 6.45) is 0.564. The largest absolute Gasteiger partial charge is 0.478 e. The molecule has 20 heavy (non-hydrogen) atoms. The minimum atomic E-state index is -3.92. The van der Waals surface area contributed by atoms with Gasteiger partial charge in [-0.3, -0.25) is 0 Å². The number of aryl methyl sites for hydroxylation is 2. The molecule has 0 spiro atoms. The molecule has 0 saturated carbocycles. The normalized spacial score (nSPS) is 20.4. The number of aliphatic hydroxyl groups excluding tert-OH is 1. The van der Waals surface area contributed by atoms with E-state index in [1.807, 2.05) is 0 Å². The van der Waals surface area contributed by atoms with Crippen LogP contribution >= 0.6 is 0 Å². The van der Waals surface area contributed by atoms with Crippen LogP contribution in [-0.4, -0.2) is 48.6 Å². The molecule has 0 radical (unpaired) electrons. The first kappa shape index (κ1) is 15.0. The molecule has 1 fully saturated rings. The van der Waals surface area contributed by atoms with Gasteiger partial charge in [-0.2, -0.15) is 4.31 Å². The van der Waals surface area contributed by atoms with Crippen molar-refractivity contribution < 1.29 is 27.8 Å². The maximum Gasteiger partial charge on any atom is 0.340 e. The van der Waals surface area contributed by atoms with Crippen molar-refractivity contribution in [3.8, 4) is 0 Å². The number of carboxylic acids is 1. The van der Waals surface area contributed by atoms with Crippen LogP contribution in [0.25, 0.3) is 0 Å². The Labute approximate surface area is 116 Å². The van der Waals surface area contributed by atoms with Crippen molar-refractivity contribution in [3.63, 3.8) is 0 Å². The van der Waals surface area contributed by atoms with E-state index < -0.39 is 16.0 Å². The third-order valence-electron chi connectivity index (χ3n) is 3.52. The highest BCUT2D eigenvalue weighted by Crippen LogP contribution is 2.31. The Hall–Kier alpha value is -1.38. The lowest BCUT2D eigenvalue weighted by molar-refractivity contribution is 0.0691. The van der Waals surface area contributed by atoms with Crippen molar-refractivity contribution in [2.24, 2.45) is 5.92 Å². The summed E-state index contributed by atoms with van der Waals surface area (Å²) < 4.78 is 31.5. The second-order valence-corrected chi connectivity index (χ2v) is 6.80. The van der Waals surface area contributed by atoms with Gasteiger partial charge in [-0.15, -0.1) is 0 Å². The second kappa shape index (κ2) is 5.19. The summed E-state index contributed by atoms with van der Waals surface area (Å²) in [6.45, 7) is 3.25. The van der Waals surface area contributed by atoms with Gasteiger partial charge in [-0.05, 0) is 26.2 Å². The molecule has 2 rings (SSSR count). The van der Waals surface area contributed by atoms with Gasteiger partial charge in [0, 0.05) is 19.7 Å². The first-order valence-corrected chi connectivity index (χ1v) is 7.67. The summed E-state index contributed by atoms with van der Waals surface area (Å²) in [5.41, 5.74) is -0.310. The van der Waals surface area contributed by atoms with Crippen LogP contribution in [-0.2, 0) is 10.0 Å². The maximum absolute atomic E-state index is 12.6. The molecule has 1 saturated heterocycles. The van der Waals surface area contributed by atoms with Crippen LogP contribution in [0, 0.1) is 19.8 Å². The molecule has 1 atom stereocenters. The summed E-state index contributed by atoms with van der Waals surface area (Å²) >= 11 is 0. The topological polar surface area (TPSA) is 108 Å². The average Bonchev–Trinajstić information content (AvgIpc) is 2.93. The molecule has 7 nitrogen and oxygen atoms in total. The van der Waals surface area contributed by atoms with Crippen molar-refractivity contribution >= 4 is 16.0 Å². The van der Waals surface area contributed by atoms with Crippen molar-refractivity contribution in [1.29, 1.82) is 0 Å². The van der Waals surface area contributed by atoms with E-state index in [9.17, 15) is 18.3 Å². The Morgan fingerprint density at radius 1 is 1.40 bits per heavy atom. The van der Waals surface area contributed by atoms with Crippen molar-refractivity contribution in [1.82, 2.24) is 4.31 Å². The van der Waals surface area contributed by atoms with Gasteiger partial charge in [0.05, 0.1) is 0 Å². The Balaban J connectivity index is 2.48. The fraction of sp³-hybridized carbons (Fsp3) is 0.583. The van der Waals surface area contributed by atoms with E-state index in [1.165, 1.54) is 18.2 Å². The summed E-state index contributed by atoms with van der Waals surface area (Å²) in [5, 5.41) is 18.3. The minimum absolute atomic E-state index is 0.0754. The van der Waals surface area contributed by atoms with Crippen LogP contribution in [0.15, 0.2) is 9.31 Å². The lowest BCUT2D eigenvalue weighted by atomic mass is 10.1. The molecule has 0 bridgehead atoms. The van der Waals surface area contributed by atoms with Gasteiger partial charge in [0.2, 0.25) is 10.0 Å². The van der Waals surface area contributed by atoms with Crippen LogP contribution in [0.1, 0.15) is 28.3 Å². The zero-order valence-electron chi connectivity index (χ0n) is 11.3. The smallest absolute Gasteiger partial charge is 0.340 e. The zero-order chi connectivity index (χ0) is 15.1. The number of hydrogen-bond donors (Lipinski definition) is 2. The first-order chi connectivity index (χ1) is 9.28. The minimum Gasteiger partial charge on any atom is -0.478 e. The number of carbonyl (C=O) groups is 1. The van der Waals surface area contributed by atoms with E-state index in [-0.39, 0.29) is 47.6 Å². The van der Waals surface area contributed by atoms with Crippen LogP contribution in [0.3, 0.4) is 0 Å². The lowest BCUT2D eigenvalue weighted by Crippen LogP contribution is -2.30. The SMILES string of the molecule is Cc1oc(C)c(S(=O)(=O)N2CCC(CO)C2)c1C(=O)O. The van der Waals surface area contributed by atoms with Crippen molar-refractivity contribution in [2.45, 2.75) is 25.2 Å². The summed E-state index contributed by atoms with van der Waals surface area (Å²) in [4.78, 5) is 11.0.